The molecule has 1 aliphatic heterocycles. The first kappa shape index (κ1) is 18.5. The molecule has 1 heterocycles. The summed E-state index contributed by atoms with van der Waals surface area (Å²) in [6.45, 7) is 4.93. The van der Waals surface area contributed by atoms with Gasteiger partial charge in [-0.25, -0.2) is 0 Å². The minimum absolute atomic E-state index is 0.00767. The minimum Gasteiger partial charge on any atom is -0.378 e. The Balaban J connectivity index is 1.73. The molecule has 1 aliphatic rings. The van der Waals surface area contributed by atoms with E-state index in [1.807, 2.05) is 55.5 Å². The summed E-state index contributed by atoms with van der Waals surface area (Å²) in [6, 6.07) is 17.2. The molecule has 0 aromatic heterocycles. The van der Waals surface area contributed by atoms with Crippen molar-refractivity contribution in [3.05, 3.63) is 65.9 Å². The largest absolute Gasteiger partial charge is 0.378 e. The SMILES string of the molecule is Cc1cccc(NC(=O)/C(C#N)=C\Nc2ccccc2N2CCOCC2)c1. The van der Waals surface area contributed by atoms with Gasteiger partial charge in [0.1, 0.15) is 11.6 Å². The smallest absolute Gasteiger partial charge is 0.267 e. The molecule has 3 rings (SSSR count). The first-order chi connectivity index (χ1) is 13.2. The number of morpholine rings is 1. The van der Waals surface area contributed by atoms with Crippen LogP contribution in [0.5, 0.6) is 0 Å². The lowest BCUT2D eigenvalue weighted by Crippen LogP contribution is -2.36. The maximum absolute atomic E-state index is 12.4. The van der Waals surface area contributed by atoms with Crippen molar-refractivity contribution in [2.75, 3.05) is 41.8 Å². The van der Waals surface area contributed by atoms with E-state index in [4.69, 9.17) is 4.74 Å². The summed E-state index contributed by atoms with van der Waals surface area (Å²) in [5.41, 5.74) is 3.57. The van der Waals surface area contributed by atoms with E-state index < -0.39 is 5.91 Å². The van der Waals surface area contributed by atoms with Crippen LogP contribution in [-0.4, -0.2) is 32.2 Å². The van der Waals surface area contributed by atoms with E-state index in [0.717, 1.165) is 30.0 Å². The molecule has 0 radical (unpaired) electrons. The third-order valence-corrected chi connectivity index (χ3v) is 4.27. The number of benzene rings is 2. The fourth-order valence-corrected chi connectivity index (χ4v) is 2.90. The molecule has 2 aromatic carbocycles. The fourth-order valence-electron chi connectivity index (χ4n) is 2.90. The number of carbonyl (C=O) groups is 1. The van der Waals surface area contributed by atoms with Crippen LogP contribution in [0.15, 0.2) is 60.3 Å². The standard InChI is InChI=1S/C21H22N4O2/c1-16-5-4-6-18(13-16)24-21(26)17(14-22)15-23-19-7-2-3-8-20(19)25-9-11-27-12-10-25/h2-8,13,15,23H,9-12H2,1H3,(H,24,26)/b17-15-. The van der Waals surface area contributed by atoms with Crippen molar-refractivity contribution in [2.24, 2.45) is 0 Å². The number of rotatable bonds is 5. The molecule has 2 N–H and O–H groups in total. The summed E-state index contributed by atoms with van der Waals surface area (Å²) in [5, 5.41) is 15.2. The van der Waals surface area contributed by atoms with Gasteiger partial charge in [-0.15, -0.1) is 0 Å². The summed E-state index contributed by atoms with van der Waals surface area (Å²) < 4.78 is 5.40. The van der Waals surface area contributed by atoms with Gasteiger partial charge >= 0.3 is 0 Å². The van der Waals surface area contributed by atoms with E-state index in [9.17, 15) is 10.1 Å². The molecular formula is C21H22N4O2. The molecule has 0 bridgehead atoms. The van der Waals surface area contributed by atoms with Crippen molar-refractivity contribution >= 4 is 23.0 Å². The summed E-state index contributed by atoms with van der Waals surface area (Å²) >= 11 is 0. The molecule has 0 unspecified atom stereocenters. The fraction of sp³-hybridized carbons (Fsp3) is 0.238. The number of nitrogens with one attached hydrogen (secondary N) is 2. The second-order valence-corrected chi connectivity index (χ2v) is 6.25. The highest BCUT2D eigenvalue weighted by Crippen LogP contribution is 2.26. The van der Waals surface area contributed by atoms with Gasteiger partial charge in [0.25, 0.3) is 5.91 Å². The molecule has 6 heteroatoms. The third-order valence-electron chi connectivity index (χ3n) is 4.27. The molecule has 2 aromatic rings. The molecule has 27 heavy (non-hydrogen) atoms. The second-order valence-electron chi connectivity index (χ2n) is 6.25. The average molecular weight is 362 g/mol. The lowest BCUT2D eigenvalue weighted by atomic mass is 10.2. The zero-order valence-electron chi connectivity index (χ0n) is 15.2. The number of aryl methyl sites for hydroxylation is 1. The molecule has 138 valence electrons. The van der Waals surface area contributed by atoms with Crippen molar-refractivity contribution < 1.29 is 9.53 Å². The van der Waals surface area contributed by atoms with Gasteiger partial charge in [-0.2, -0.15) is 5.26 Å². The highest BCUT2D eigenvalue weighted by molar-refractivity contribution is 6.06. The van der Waals surface area contributed by atoms with Crippen LogP contribution in [0.3, 0.4) is 0 Å². The van der Waals surface area contributed by atoms with Crippen molar-refractivity contribution in [1.29, 1.82) is 5.26 Å². The van der Waals surface area contributed by atoms with E-state index in [0.29, 0.717) is 18.9 Å². The summed E-state index contributed by atoms with van der Waals surface area (Å²) in [4.78, 5) is 14.6. The van der Waals surface area contributed by atoms with Crippen LogP contribution in [0.1, 0.15) is 5.56 Å². The maximum Gasteiger partial charge on any atom is 0.267 e. The van der Waals surface area contributed by atoms with Crippen LogP contribution in [-0.2, 0) is 9.53 Å². The molecule has 1 amide bonds. The Morgan fingerprint density at radius 2 is 1.96 bits per heavy atom. The zero-order valence-corrected chi connectivity index (χ0v) is 15.2. The number of anilines is 3. The van der Waals surface area contributed by atoms with Gasteiger partial charge < -0.3 is 20.3 Å². The van der Waals surface area contributed by atoms with Crippen LogP contribution in [0.4, 0.5) is 17.1 Å². The van der Waals surface area contributed by atoms with Crippen molar-refractivity contribution in [1.82, 2.24) is 0 Å². The number of carbonyl (C=O) groups excluding carboxylic acids is 1. The van der Waals surface area contributed by atoms with Gasteiger partial charge in [0.2, 0.25) is 0 Å². The molecule has 0 spiro atoms. The van der Waals surface area contributed by atoms with Gasteiger partial charge in [-0.1, -0.05) is 24.3 Å². The monoisotopic (exact) mass is 362 g/mol. The molecule has 0 saturated carbocycles. The van der Waals surface area contributed by atoms with E-state index in [-0.39, 0.29) is 5.57 Å². The number of ether oxygens (including phenoxy) is 1. The Bertz CT molecular complexity index is 880. The normalized spacial score (nSPS) is 14.4. The Kier molecular flexibility index (Phi) is 6.08. The molecule has 1 saturated heterocycles. The average Bonchev–Trinajstić information content (AvgIpc) is 2.69. The minimum atomic E-state index is -0.445. The Hall–Kier alpha value is -3.30. The Morgan fingerprint density at radius 3 is 2.70 bits per heavy atom. The van der Waals surface area contributed by atoms with Crippen LogP contribution in [0.2, 0.25) is 0 Å². The lowest BCUT2D eigenvalue weighted by Gasteiger charge is -2.30. The number of nitriles is 1. The van der Waals surface area contributed by atoms with Crippen LogP contribution in [0, 0.1) is 18.3 Å². The van der Waals surface area contributed by atoms with E-state index in [1.54, 1.807) is 6.07 Å². The van der Waals surface area contributed by atoms with Gasteiger partial charge in [-0.3, -0.25) is 4.79 Å². The van der Waals surface area contributed by atoms with Gasteiger partial charge in [0.05, 0.1) is 24.6 Å². The van der Waals surface area contributed by atoms with Gasteiger partial charge in [-0.05, 0) is 36.8 Å². The lowest BCUT2D eigenvalue weighted by molar-refractivity contribution is -0.112. The van der Waals surface area contributed by atoms with Crippen molar-refractivity contribution in [3.8, 4) is 6.07 Å². The summed E-state index contributed by atoms with van der Waals surface area (Å²) in [6.07, 6.45) is 1.45. The van der Waals surface area contributed by atoms with E-state index >= 15 is 0 Å². The van der Waals surface area contributed by atoms with Crippen molar-refractivity contribution in [2.45, 2.75) is 6.92 Å². The quantitative estimate of drug-likeness (QED) is 0.630. The van der Waals surface area contributed by atoms with Crippen LogP contribution in [0.25, 0.3) is 0 Å². The van der Waals surface area contributed by atoms with E-state index in [1.165, 1.54) is 6.20 Å². The topological polar surface area (TPSA) is 77.4 Å². The van der Waals surface area contributed by atoms with Crippen LogP contribution < -0.4 is 15.5 Å². The van der Waals surface area contributed by atoms with Gasteiger partial charge in [0, 0.05) is 25.0 Å². The number of amides is 1. The molecule has 1 fully saturated rings. The molecule has 6 nitrogen and oxygen atoms in total. The predicted molar refractivity (Wildman–Crippen MR) is 107 cm³/mol. The highest BCUT2D eigenvalue weighted by atomic mass is 16.5. The first-order valence-electron chi connectivity index (χ1n) is 8.84. The summed E-state index contributed by atoms with van der Waals surface area (Å²) in [7, 11) is 0. The summed E-state index contributed by atoms with van der Waals surface area (Å²) in [5.74, 6) is -0.445. The number of para-hydroxylation sites is 2. The number of hydrogen-bond donors (Lipinski definition) is 2. The maximum atomic E-state index is 12.4. The Labute approximate surface area is 159 Å². The van der Waals surface area contributed by atoms with Crippen molar-refractivity contribution in [3.63, 3.8) is 0 Å². The van der Waals surface area contributed by atoms with Gasteiger partial charge in [0.15, 0.2) is 0 Å². The Morgan fingerprint density at radius 1 is 1.19 bits per heavy atom. The molecular weight excluding hydrogens is 340 g/mol. The second kappa shape index (κ2) is 8.88. The molecule has 0 atom stereocenters. The molecule has 0 aliphatic carbocycles. The predicted octanol–water partition coefficient (Wildman–Crippen LogP) is 3.29. The van der Waals surface area contributed by atoms with E-state index in [2.05, 4.69) is 15.5 Å². The van der Waals surface area contributed by atoms with Crippen LogP contribution >= 0.6 is 0 Å². The third kappa shape index (κ3) is 4.87. The zero-order chi connectivity index (χ0) is 19.1. The highest BCUT2D eigenvalue weighted by Gasteiger charge is 2.15. The number of nitrogens with zero attached hydrogens (tertiary/aromatic N) is 2. The first-order valence-corrected chi connectivity index (χ1v) is 8.84. The number of hydrogen-bond acceptors (Lipinski definition) is 5.